The van der Waals surface area contributed by atoms with Crippen molar-refractivity contribution in [2.24, 2.45) is 5.92 Å². The lowest BCUT2D eigenvalue weighted by Crippen LogP contribution is -2.42. The van der Waals surface area contributed by atoms with Gasteiger partial charge in [0.05, 0.1) is 12.9 Å². The van der Waals surface area contributed by atoms with Gasteiger partial charge in [-0.25, -0.2) is 4.98 Å². The van der Waals surface area contributed by atoms with E-state index >= 15 is 0 Å². The van der Waals surface area contributed by atoms with Crippen molar-refractivity contribution in [1.82, 2.24) is 14.5 Å². The maximum atomic E-state index is 12.4. The molecule has 5 nitrogen and oxygen atoms in total. The van der Waals surface area contributed by atoms with E-state index in [0.29, 0.717) is 12.5 Å². The Bertz CT molecular complexity index is 603. The number of carbonyl (C=O) groups is 1. The van der Waals surface area contributed by atoms with E-state index in [1.54, 1.807) is 4.90 Å². The van der Waals surface area contributed by atoms with Gasteiger partial charge in [-0.15, -0.1) is 0 Å². The topological polar surface area (TPSA) is 41.4 Å². The molecule has 5 heteroatoms. The molecule has 0 aliphatic carbocycles. The lowest BCUT2D eigenvalue weighted by Gasteiger charge is -2.32. The summed E-state index contributed by atoms with van der Waals surface area (Å²) in [5, 5.41) is 0. The summed E-state index contributed by atoms with van der Waals surface area (Å²) in [6.07, 6.45) is 8.00. The van der Waals surface area contributed by atoms with Gasteiger partial charge in [-0.3, -0.25) is 9.69 Å². The van der Waals surface area contributed by atoms with Gasteiger partial charge >= 0.3 is 0 Å². The van der Waals surface area contributed by atoms with Gasteiger partial charge in [0, 0.05) is 31.7 Å². The summed E-state index contributed by atoms with van der Waals surface area (Å²) < 4.78 is 2.15. The number of nitrogens with zero attached hydrogens (tertiary/aromatic N) is 4. The molecule has 0 unspecified atom stereocenters. The predicted octanol–water partition coefficient (Wildman–Crippen LogP) is 2.26. The van der Waals surface area contributed by atoms with E-state index in [4.69, 9.17) is 0 Å². The SMILES string of the molecule is CN(C(=O)CN1CCC(Cn2ccnc2)CC1)c1ccccc1. The molecule has 122 valence electrons. The number of imidazole rings is 1. The van der Waals surface area contributed by atoms with E-state index in [1.165, 1.54) is 0 Å². The van der Waals surface area contributed by atoms with Gasteiger partial charge in [-0.2, -0.15) is 0 Å². The van der Waals surface area contributed by atoms with Gasteiger partial charge < -0.3 is 9.47 Å². The third kappa shape index (κ3) is 4.20. The lowest BCUT2D eigenvalue weighted by atomic mass is 9.97. The largest absolute Gasteiger partial charge is 0.337 e. The second-order valence-corrected chi connectivity index (χ2v) is 6.27. The minimum absolute atomic E-state index is 0.157. The van der Waals surface area contributed by atoms with Crippen LogP contribution < -0.4 is 4.90 Å². The summed E-state index contributed by atoms with van der Waals surface area (Å²) in [5.74, 6) is 0.840. The van der Waals surface area contributed by atoms with E-state index in [0.717, 1.165) is 38.2 Å². The zero-order valence-corrected chi connectivity index (χ0v) is 13.6. The molecule has 1 aliphatic heterocycles. The van der Waals surface area contributed by atoms with Crippen LogP contribution in [0.25, 0.3) is 0 Å². The number of likely N-dealkylation sites (tertiary alicyclic amines) is 1. The number of para-hydroxylation sites is 1. The standard InChI is InChI=1S/C18H24N4O/c1-20(17-5-3-2-4-6-17)18(23)14-21-10-7-16(8-11-21)13-22-12-9-19-15-22/h2-6,9,12,15-16H,7-8,10-11,13-14H2,1H3. The molecule has 2 heterocycles. The van der Waals surface area contributed by atoms with Crippen LogP contribution >= 0.6 is 0 Å². The van der Waals surface area contributed by atoms with Crippen LogP contribution in [0.5, 0.6) is 0 Å². The van der Waals surface area contributed by atoms with Crippen LogP contribution in [0.1, 0.15) is 12.8 Å². The summed E-state index contributed by atoms with van der Waals surface area (Å²) in [7, 11) is 1.85. The highest BCUT2D eigenvalue weighted by Crippen LogP contribution is 2.19. The molecule has 23 heavy (non-hydrogen) atoms. The Hall–Kier alpha value is -2.14. The Kier molecular flexibility index (Phi) is 5.08. The Morgan fingerprint density at radius 1 is 1.26 bits per heavy atom. The highest BCUT2D eigenvalue weighted by Gasteiger charge is 2.22. The first-order chi connectivity index (χ1) is 11.2. The first kappa shape index (κ1) is 15.7. The molecular formula is C18H24N4O. The minimum Gasteiger partial charge on any atom is -0.337 e. The summed E-state index contributed by atoms with van der Waals surface area (Å²) >= 11 is 0. The molecule has 0 atom stereocenters. The monoisotopic (exact) mass is 312 g/mol. The van der Waals surface area contributed by atoms with Crippen molar-refractivity contribution < 1.29 is 4.79 Å². The number of likely N-dealkylation sites (N-methyl/N-ethyl adjacent to an activating group) is 1. The van der Waals surface area contributed by atoms with Crippen molar-refractivity contribution in [3.05, 3.63) is 49.1 Å². The maximum Gasteiger partial charge on any atom is 0.240 e. The number of rotatable bonds is 5. The lowest BCUT2D eigenvalue weighted by molar-refractivity contribution is -0.119. The normalized spacial score (nSPS) is 16.4. The summed E-state index contributed by atoms with van der Waals surface area (Å²) in [4.78, 5) is 20.5. The van der Waals surface area contributed by atoms with E-state index < -0.39 is 0 Å². The number of anilines is 1. The molecule has 1 aliphatic rings. The number of carbonyl (C=O) groups excluding carboxylic acids is 1. The summed E-state index contributed by atoms with van der Waals surface area (Å²) in [6.45, 7) is 3.52. The van der Waals surface area contributed by atoms with Gasteiger partial charge in [0.2, 0.25) is 5.91 Å². The average Bonchev–Trinajstić information content (AvgIpc) is 3.10. The molecule has 0 N–H and O–H groups in total. The van der Waals surface area contributed by atoms with E-state index in [-0.39, 0.29) is 5.91 Å². The van der Waals surface area contributed by atoms with Crippen LogP contribution in [-0.2, 0) is 11.3 Å². The molecule has 1 fully saturated rings. The highest BCUT2D eigenvalue weighted by molar-refractivity contribution is 5.94. The Morgan fingerprint density at radius 3 is 2.65 bits per heavy atom. The van der Waals surface area contributed by atoms with Crippen molar-refractivity contribution in [2.75, 3.05) is 31.6 Å². The van der Waals surface area contributed by atoms with Gasteiger partial charge in [0.1, 0.15) is 0 Å². The van der Waals surface area contributed by atoms with E-state index in [1.807, 2.05) is 56.1 Å². The van der Waals surface area contributed by atoms with Crippen LogP contribution in [-0.4, -0.2) is 47.0 Å². The van der Waals surface area contributed by atoms with Crippen LogP contribution in [0.2, 0.25) is 0 Å². The zero-order chi connectivity index (χ0) is 16.1. The number of piperidine rings is 1. The van der Waals surface area contributed by atoms with Gasteiger partial charge in [0.15, 0.2) is 0 Å². The second-order valence-electron chi connectivity index (χ2n) is 6.27. The van der Waals surface area contributed by atoms with Gasteiger partial charge in [-0.1, -0.05) is 18.2 Å². The number of hydrogen-bond donors (Lipinski definition) is 0. The van der Waals surface area contributed by atoms with E-state index in [2.05, 4.69) is 14.5 Å². The van der Waals surface area contributed by atoms with Gasteiger partial charge in [-0.05, 0) is 44.0 Å². The Morgan fingerprint density at radius 2 is 2.00 bits per heavy atom. The molecule has 1 saturated heterocycles. The number of aromatic nitrogens is 2. The Labute approximate surface area is 137 Å². The number of amides is 1. The fourth-order valence-electron chi connectivity index (χ4n) is 3.11. The first-order valence-corrected chi connectivity index (χ1v) is 8.22. The highest BCUT2D eigenvalue weighted by atomic mass is 16.2. The second kappa shape index (κ2) is 7.42. The molecule has 0 spiro atoms. The van der Waals surface area contributed by atoms with Crippen molar-refractivity contribution in [1.29, 1.82) is 0 Å². The third-order valence-electron chi connectivity index (χ3n) is 4.61. The maximum absolute atomic E-state index is 12.4. The number of benzene rings is 1. The van der Waals surface area contributed by atoms with Crippen LogP contribution in [0.3, 0.4) is 0 Å². The molecule has 0 saturated carbocycles. The van der Waals surface area contributed by atoms with Crippen LogP contribution in [0, 0.1) is 5.92 Å². The molecule has 3 rings (SSSR count). The average molecular weight is 312 g/mol. The quantitative estimate of drug-likeness (QED) is 0.850. The molecule has 1 aromatic carbocycles. The smallest absolute Gasteiger partial charge is 0.240 e. The fraction of sp³-hybridized carbons (Fsp3) is 0.444. The zero-order valence-electron chi connectivity index (χ0n) is 13.6. The molecule has 0 bridgehead atoms. The number of hydrogen-bond acceptors (Lipinski definition) is 3. The molecule has 1 amide bonds. The van der Waals surface area contributed by atoms with Crippen molar-refractivity contribution >= 4 is 11.6 Å². The van der Waals surface area contributed by atoms with E-state index in [9.17, 15) is 4.79 Å². The third-order valence-corrected chi connectivity index (χ3v) is 4.61. The van der Waals surface area contributed by atoms with Crippen molar-refractivity contribution in [3.63, 3.8) is 0 Å². The predicted molar refractivity (Wildman–Crippen MR) is 91.2 cm³/mol. The van der Waals surface area contributed by atoms with Crippen molar-refractivity contribution in [3.8, 4) is 0 Å². The van der Waals surface area contributed by atoms with Gasteiger partial charge in [0.25, 0.3) is 0 Å². The van der Waals surface area contributed by atoms with Crippen LogP contribution in [0.15, 0.2) is 49.1 Å². The van der Waals surface area contributed by atoms with Crippen molar-refractivity contribution in [2.45, 2.75) is 19.4 Å². The summed E-state index contributed by atoms with van der Waals surface area (Å²) in [5.41, 5.74) is 0.951. The fourth-order valence-corrected chi connectivity index (χ4v) is 3.11. The first-order valence-electron chi connectivity index (χ1n) is 8.22. The summed E-state index contributed by atoms with van der Waals surface area (Å²) in [6, 6.07) is 9.82. The molecular weight excluding hydrogens is 288 g/mol. The minimum atomic E-state index is 0.157. The Balaban J connectivity index is 1.46. The molecule has 2 aromatic rings. The molecule has 0 radical (unpaired) electrons. The molecule has 1 aromatic heterocycles. The van der Waals surface area contributed by atoms with Crippen LogP contribution in [0.4, 0.5) is 5.69 Å².